The van der Waals surface area contributed by atoms with Crippen LogP contribution in [0.25, 0.3) is 11.0 Å². The van der Waals surface area contributed by atoms with Crippen molar-refractivity contribution in [3.05, 3.63) is 58.8 Å². The number of nitrogens with two attached hydrogens (primary N) is 1. The van der Waals surface area contributed by atoms with Gasteiger partial charge in [0.05, 0.1) is 17.1 Å². The van der Waals surface area contributed by atoms with Crippen molar-refractivity contribution in [1.29, 1.82) is 0 Å². The molecule has 0 saturated heterocycles. The molecule has 2 heterocycles. The number of nitrogens with zero attached hydrogens (tertiary/aromatic N) is 1. The van der Waals surface area contributed by atoms with E-state index in [0.29, 0.717) is 17.9 Å². The first-order valence-corrected chi connectivity index (χ1v) is 6.23. The average molecular weight is 270 g/mol. The van der Waals surface area contributed by atoms with E-state index >= 15 is 0 Å². The largest absolute Gasteiger partial charge is 0.492 e. The Labute approximate surface area is 114 Å². The third kappa shape index (κ3) is 2.55. The van der Waals surface area contributed by atoms with Crippen molar-refractivity contribution in [3.63, 3.8) is 0 Å². The first-order chi connectivity index (χ1) is 9.72. The molecule has 6 heteroatoms. The molecule has 2 aromatic heterocycles. The number of imidazole rings is 1. The molecule has 0 saturated carbocycles. The van der Waals surface area contributed by atoms with Crippen LogP contribution in [0.3, 0.4) is 0 Å². The quantitative estimate of drug-likeness (QED) is 0.666. The van der Waals surface area contributed by atoms with Crippen LogP contribution >= 0.6 is 0 Å². The highest BCUT2D eigenvalue weighted by atomic mass is 16.5. The zero-order chi connectivity index (χ0) is 13.9. The van der Waals surface area contributed by atoms with Gasteiger partial charge in [0.25, 0.3) is 0 Å². The Hall–Kier alpha value is -2.60. The van der Waals surface area contributed by atoms with Gasteiger partial charge in [-0.15, -0.1) is 0 Å². The molecular weight excluding hydrogens is 256 g/mol. The maximum absolute atomic E-state index is 11.2. The summed E-state index contributed by atoms with van der Waals surface area (Å²) in [5, 5.41) is 0. The molecule has 0 unspecified atom stereocenters. The monoisotopic (exact) mass is 270 g/mol. The highest BCUT2D eigenvalue weighted by molar-refractivity contribution is 5.75. The van der Waals surface area contributed by atoms with Gasteiger partial charge in [0.1, 0.15) is 12.4 Å². The van der Waals surface area contributed by atoms with Crippen molar-refractivity contribution in [1.82, 2.24) is 15.0 Å². The molecule has 0 fully saturated rings. The van der Waals surface area contributed by atoms with Crippen LogP contribution in [0.4, 0.5) is 0 Å². The number of aromatic nitrogens is 3. The number of hydrogen-bond donors (Lipinski definition) is 3. The van der Waals surface area contributed by atoms with E-state index in [0.717, 1.165) is 11.1 Å². The summed E-state index contributed by atoms with van der Waals surface area (Å²) in [6.45, 7) is 0.339. The van der Waals surface area contributed by atoms with Gasteiger partial charge >= 0.3 is 5.69 Å². The van der Waals surface area contributed by atoms with Gasteiger partial charge < -0.3 is 20.4 Å². The summed E-state index contributed by atoms with van der Waals surface area (Å²) < 4.78 is 5.65. The summed E-state index contributed by atoms with van der Waals surface area (Å²) in [7, 11) is 0. The van der Waals surface area contributed by atoms with Crippen LogP contribution in [0.5, 0.6) is 5.75 Å². The van der Waals surface area contributed by atoms with Crippen LogP contribution in [0.15, 0.2) is 47.5 Å². The number of H-pyrrole nitrogens is 2. The Morgan fingerprint density at radius 2 is 2.10 bits per heavy atom. The van der Waals surface area contributed by atoms with Gasteiger partial charge in [-0.05, 0) is 23.8 Å². The lowest BCUT2D eigenvalue weighted by Crippen LogP contribution is -2.19. The van der Waals surface area contributed by atoms with Crippen LogP contribution in [0.1, 0.15) is 11.6 Å². The topological polar surface area (TPSA) is 96.8 Å². The summed E-state index contributed by atoms with van der Waals surface area (Å²) in [6, 6.07) is 8.85. The number of hydrogen-bond acceptors (Lipinski definition) is 4. The molecule has 102 valence electrons. The minimum atomic E-state index is -0.246. The minimum Gasteiger partial charge on any atom is -0.492 e. The zero-order valence-electron chi connectivity index (χ0n) is 10.7. The fraction of sp³-hybridized carbons (Fsp3) is 0.143. The van der Waals surface area contributed by atoms with E-state index in [9.17, 15) is 4.79 Å². The standard InChI is InChI=1S/C14H14N4O2/c15-11(9-2-1-5-16-7-9)8-20-10-3-4-12-13(6-10)18-14(19)17-12/h1-7,11H,8,15H2,(H2,17,18,19)/t11-/m0/s1. The highest BCUT2D eigenvalue weighted by Crippen LogP contribution is 2.18. The summed E-state index contributed by atoms with van der Waals surface area (Å²) in [4.78, 5) is 20.6. The Bertz CT molecular complexity index is 763. The van der Waals surface area contributed by atoms with E-state index in [1.54, 1.807) is 30.6 Å². The molecule has 20 heavy (non-hydrogen) atoms. The van der Waals surface area contributed by atoms with Gasteiger partial charge in [-0.2, -0.15) is 0 Å². The lowest BCUT2D eigenvalue weighted by atomic mass is 10.1. The molecule has 0 radical (unpaired) electrons. The molecule has 0 spiro atoms. The normalized spacial score (nSPS) is 12.4. The van der Waals surface area contributed by atoms with Gasteiger partial charge in [-0.25, -0.2) is 4.79 Å². The lowest BCUT2D eigenvalue weighted by Gasteiger charge is -2.13. The molecule has 0 aliphatic heterocycles. The predicted octanol–water partition coefficient (Wildman–Crippen LogP) is 1.33. The van der Waals surface area contributed by atoms with E-state index in [1.807, 2.05) is 12.1 Å². The minimum absolute atomic E-state index is 0.232. The van der Waals surface area contributed by atoms with E-state index in [4.69, 9.17) is 10.5 Å². The summed E-state index contributed by atoms with van der Waals surface area (Å²) in [5.74, 6) is 0.659. The Morgan fingerprint density at radius 3 is 2.90 bits per heavy atom. The van der Waals surface area contributed by atoms with Crippen molar-refractivity contribution in [2.75, 3.05) is 6.61 Å². The Balaban J connectivity index is 1.72. The molecule has 0 aliphatic rings. The number of pyridine rings is 1. The fourth-order valence-corrected chi connectivity index (χ4v) is 1.98. The smallest absolute Gasteiger partial charge is 0.323 e. The molecule has 0 amide bonds. The number of ether oxygens (including phenoxy) is 1. The maximum atomic E-state index is 11.2. The van der Waals surface area contributed by atoms with Gasteiger partial charge in [-0.3, -0.25) is 4.98 Å². The molecule has 0 bridgehead atoms. The van der Waals surface area contributed by atoms with E-state index < -0.39 is 0 Å². The lowest BCUT2D eigenvalue weighted by molar-refractivity contribution is 0.291. The van der Waals surface area contributed by atoms with Crippen LogP contribution < -0.4 is 16.2 Å². The molecule has 1 atom stereocenters. The maximum Gasteiger partial charge on any atom is 0.323 e. The van der Waals surface area contributed by atoms with E-state index in [1.165, 1.54) is 0 Å². The second-order valence-electron chi connectivity index (χ2n) is 4.49. The fourth-order valence-electron chi connectivity index (χ4n) is 1.98. The molecule has 3 rings (SSSR count). The highest BCUT2D eigenvalue weighted by Gasteiger charge is 2.07. The van der Waals surface area contributed by atoms with Crippen LogP contribution in [0, 0.1) is 0 Å². The summed E-state index contributed by atoms with van der Waals surface area (Å²) in [5.41, 5.74) is 8.18. The van der Waals surface area contributed by atoms with Crippen molar-refractivity contribution in [2.45, 2.75) is 6.04 Å². The average Bonchev–Trinajstić information content (AvgIpc) is 2.85. The van der Waals surface area contributed by atoms with Crippen LogP contribution in [0.2, 0.25) is 0 Å². The van der Waals surface area contributed by atoms with Gasteiger partial charge in [0.2, 0.25) is 0 Å². The molecule has 6 nitrogen and oxygen atoms in total. The van der Waals surface area contributed by atoms with E-state index in [-0.39, 0.29) is 11.7 Å². The van der Waals surface area contributed by atoms with Crippen molar-refractivity contribution >= 4 is 11.0 Å². The predicted molar refractivity (Wildman–Crippen MR) is 75.6 cm³/mol. The van der Waals surface area contributed by atoms with Gasteiger partial charge in [0, 0.05) is 18.5 Å². The van der Waals surface area contributed by atoms with Crippen molar-refractivity contribution < 1.29 is 4.74 Å². The summed E-state index contributed by atoms with van der Waals surface area (Å²) >= 11 is 0. The number of benzene rings is 1. The molecule has 1 aromatic carbocycles. The number of fused-ring (bicyclic) bond motifs is 1. The summed E-state index contributed by atoms with van der Waals surface area (Å²) in [6.07, 6.45) is 3.42. The number of nitrogens with one attached hydrogen (secondary N) is 2. The second kappa shape index (κ2) is 5.18. The first kappa shape index (κ1) is 12.4. The zero-order valence-corrected chi connectivity index (χ0v) is 10.7. The third-order valence-corrected chi connectivity index (χ3v) is 3.03. The Kier molecular flexibility index (Phi) is 3.22. The van der Waals surface area contributed by atoms with E-state index in [2.05, 4.69) is 15.0 Å². The second-order valence-corrected chi connectivity index (χ2v) is 4.49. The number of aromatic amines is 2. The molecule has 4 N–H and O–H groups in total. The van der Waals surface area contributed by atoms with Gasteiger partial charge in [-0.1, -0.05) is 6.07 Å². The van der Waals surface area contributed by atoms with Crippen LogP contribution in [-0.4, -0.2) is 21.6 Å². The SMILES string of the molecule is N[C@@H](COc1ccc2[nH]c(=O)[nH]c2c1)c1cccnc1. The molecular formula is C14H14N4O2. The number of rotatable bonds is 4. The first-order valence-electron chi connectivity index (χ1n) is 6.23. The Morgan fingerprint density at radius 1 is 1.25 bits per heavy atom. The van der Waals surface area contributed by atoms with Gasteiger partial charge in [0.15, 0.2) is 0 Å². The van der Waals surface area contributed by atoms with Crippen LogP contribution in [-0.2, 0) is 0 Å². The molecule has 0 aliphatic carbocycles. The van der Waals surface area contributed by atoms with Crippen molar-refractivity contribution in [3.8, 4) is 5.75 Å². The molecule has 3 aromatic rings. The third-order valence-electron chi connectivity index (χ3n) is 3.03. The van der Waals surface area contributed by atoms with Crippen molar-refractivity contribution in [2.24, 2.45) is 5.73 Å².